The molecule has 1 aromatic heterocycles. The van der Waals surface area contributed by atoms with Crippen LogP contribution in [0.25, 0.3) is 0 Å². The molecule has 2 aliphatic rings. The molecule has 6 nitrogen and oxygen atoms in total. The number of rotatable bonds is 5. The lowest BCUT2D eigenvalue weighted by atomic mass is 10.1. The summed E-state index contributed by atoms with van der Waals surface area (Å²) < 4.78 is 11.2. The maximum Gasteiger partial charge on any atom is 0.253 e. The maximum absolute atomic E-state index is 12.1. The van der Waals surface area contributed by atoms with E-state index in [-0.39, 0.29) is 12.0 Å². The van der Waals surface area contributed by atoms with Gasteiger partial charge in [-0.15, -0.1) is 0 Å². The standard InChI is InChI=1S/C20H23N3O3/c1-25-17-4-2-3-14(11-17)18-13-23(9-10-26-18)19-8-5-15(12-21-19)20(24)22-16-6-7-16/h2-5,8,11-12,16,18H,6-7,9-10,13H2,1H3,(H,22,24). The number of morpholine rings is 1. The Hall–Kier alpha value is -2.60. The molecule has 2 aromatic rings. The van der Waals surface area contributed by atoms with Crippen molar-refractivity contribution in [2.45, 2.75) is 25.0 Å². The summed E-state index contributed by atoms with van der Waals surface area (Å²) in [4.78, 5) is 18.8. The molecule has 1 saturated carbocycles. The number of nitrogens with zero attached hydrogens (tertiary/aromatic N) is 2. The number of amides is 1. The number of methoxy groups -OCH3 is 1. The monoisotopic (exact) mass is 353 g/mol. The van der Waals surface area contributed by atoms with Crippen molar-refractivity contribution in [3.05, 3.63) is 53.7 Å². The molecule has 1 aliphatic carbocycles. The molecule has 1 amide bonds. The van der Waals surface area contributed by atoms with Crippen LogP contribution in [-0.2, 0) is 4.74 Å². The maximum atomic E-state index is 12.1. The Bertz CT molecular complexity index is 774. The minimum absolute atomic E-state index is 0.0292. The Morgan fingerprint density at radius 2 is 2.19 bits per heavy atom. The van der Waals surface area contributed by atoms with E-state index < -0.39 is 0 Å². The zero-order valence-electron chi connectivity index (χ0n) is 14.9. The first-order valence-corrected chi connectivity index (χ1v) is 9.00. The summed E-state index contributed by atoms with van der Waals surface area (Å²) in [7, 11) is 1.66. The lowest BCUT2D eigenvalue weighted by molar-refractivity contribution is 0.0394. The van der Waals surface area contributed by atoms with Crippen LogP contribution in [0.4, 0.5) is 5.82 Å². The fourth-order valence-electron chi connectivity index (χ4n) is 3.10. The SMILES string of the molecule is COc1cccc(C2CN(c3ccc(C(=O)NC4CC4)cn3)CCO2)c1. The fourth-order valence-corrected chi connectivity index (χ4v) is 3.10. The molecule has 1 saturated heterocycles. The van der Waals surface area contributed by atoms with Gasteiger partial charge in [-0.2, -0.15) is 0 Å². The van der Waals surface area contributed by atoms with E-state index in [1.165, 1.54) is 0 Å². The zero-order valence-corrected chi connectivity index (χ0v) is 14.9. The lowest BCUT2D eigenvalue weighted by Crippen LogP contribution is -2.38. The van der Waals surface area contributed by atoms with Crippen molar-refractivity contribution in [2.24, 2.45) is 0 Å². The van der Waals surface area contributed by atoms with Crippen molar-refractivity contribution in [1.29, 1.82) is 0 Å². The number of anilines is 1. The summed E-state index contributed by atoms with van der Waals surface area (Å²) in [6, 6.07) is 12.1. The van der Waals surface area contributed by atoms with Crippen LogP contribution in [0.15, 0.2) is 42.6 Å². The Morgan fingerprint density at radius 1 is 1.31 bits per heavy atom. The molecule has 2 fully saturated rings. The second-order valence-corrected chi connectivity index (χ2v) is 6.73. The topological polar surface area (TPSA) is 63.7 Å². The molecule has 1 unspecified atom stereocenters. The van der Waals surface area contributed by atoms with Crippen LogP contribution in [0.5, 0.6) is 5.75 Å². The minimum atomic E-state index is -0.0391. The highest BCUT2D eigenvalue weighted by atomic mass is 16.5. The predicted octanol–water partition coefficient (Wildman–Crippen LogP) is 2.56. The van der Waals surface area contributed by atoms with E-state index in [2.05, 4.69) is 21.3 Å². The third-order valence-electron chi connectivity index (χ3n) is 4.78. The largest absolute Gasteiger partial charge is 0.497 e. The number of benzene rings is 1. The van der Waals surface area contributed by atoms with Gasteiger partial charge in [0, 0.05) is 25.3 Å². The van der Waals surface area contributed by atoms with Crippen LogP contribution in [0, 0.1) is 0 Å². The van der Waals surface area contributed by atoms with Gasteiger partial charge in [0.25, 0.3) is 5.91 Å². The number of aromatic nitrogens is 1. The molecule has 1 atom stereocenters. The smallest absolute Gasteiger partial charge is 0.253 e. The minimum Gasteiger partial charge on any atom is -0.497 e. The molecule has 0 spiro atoms. The van der Waals surface area contributed by atoms with Crippen molar-refractivity contribution in [1.82, 2.24) is 10.3 Å². The van der Waals surface area contributed by atoms with Gasteiger partial charge in [-0.3, -0.25) is 4.79 Å². The average Bonchev–Trinajstić information content (AvgIpc) is 3.52. The zero-order chi connectivity index (χ0) is 17.9. The van der Waals surface area contributed by atoms with E-state index in [1.807, 2.05) is 30.3 Å². The third kappa shape index (κ3) is 3.80. The Labute approximate surface area is 153 Å². The Balaban J connectivity index is 1.44. The van der Waals surface area contributed by atoms with E-state index in [0.717, 1.165) is 36.5 Å². The number of hydrogen-bond donors (Lipinski definition) is 1. The van der Waals surface area contributed by atoms with Crippen LogP contribution >= 0.6 is 0 Å². The van der Waals surface area contributed by atoms with Crippen LogP contribution in [-0.4, -0.2) is 43.7 Å². The van der Waals surface area contributed by atoms with E-state index in [0.29, 0.717) is 24.8 Å². The van der Waals surface area contributed by atoms with E-state index >= 15 is 0 Å². The summed E-state index contributed by atoms with van der Waals surface area (Å²) in [5.41, 5.74) is 1.70. The molecule has 1 N–H and O–H groups in total. The molecule has 0 radical (unpaired) electrons. The number of hydrogen-bond acceptors (Lipinski definition) is 5. The van der Waals surface area contributed by atoms with E-state index in [4.69, 9.17) is 9.47 Å². The number of carbonyl (C=O) groups is 1. The molecule has 6 heteroatoms. The highest BCUT2D eigenvalue weighted by Crippen LogP contribution is 2.27. The van der Waals surface area contributed by atoms with Crippen LogP contribution in [0.1, 0.15) is 34.9 Å². The Kier molecular flexibility index (Phi) is 4.75. The number of carbonyl (C=O) groups excluding carboxylic acids is 1. The van der Waals surface area contributed by atoms with Gasteiger partial charge in [0.2, 0.25) is 0 Å². The van der Waals surface area contributed by atoms with Crippen molar-refractivity contribution in [2.75, 3.05) is 31.7 Å². The molecule has 4 rings (SSSR count). The molecule has 1 aromatic carbocycles. The first-order chi connectivity index (χ1) is 12.7. The number of ether oxygens (including phenoxy) is 2. The second kappa shape index (κ2) is 7.33. The van der Waals surface area contributed by atoms with Crippen molar-refractivity contribution in [3.63, 3.8) is 0 Å². The molecular weight excluding hydrogens is 330 g/mol. The number of nitrogens with one attached hydrogen (secondary N) is 1. The normalized spacial score (nSPS) is 19.9. The van der Waals surface area contributed by atoms with Crippen LogP contribution in [0.2, 0.25) is 0 Å². The van der Waals surface area contributed by atoms with Gasteiger partial charge >= 0.3 is 0 Å². The summed E-state index contributed by atoms with van der Waals surface area (Å²) in [6.07, 6.45) is 3.79. The third-order valence-corrected chi connectivity index (χ3v) is 4.78. The quantitative estimate of drug-likeness (QED) is 0.895. The highest BCUT2D eigenvalue weighted by molar-refractivity contribution is 5.94. The summed E-state index contributed by atoms with van der Waals surface area (Å²) in [5.74, 6) is 1.65. The lowest BCUT2D eigenvalue weighted by Gasteiger charge is -2.34. The first-order valence-electron chi connectivity index (χ1n) is 9.00. The summed E-state index contributed by atoms with van der Waals surface area (Å²) in [6.45, 7) is 2.13. The van der Waals surface area contributed by atoms with Crippen molar-refractivity contribution in [3.8, 4) is 5.75 Å². The second-order valence-electron chi connectivity index (χ2n) is 6.73. The molecular formula is C20H23N3O3. The molecule has 26 heavy (non-hydrogen) atoms. The first kappa shape index (κ1) is 16.8. The summed E-state index contributed by atoms with van der Waals surface area (Å²) in [5, 5.41) is 2.98. The van der Waals surface area contributed by atoms with Crippen LogP contribution in [0.3, 0.4) is 0 Å². The fraction of sp³-hybridized carbons (Fsp3) is 0.400. The van der Waals surface area contributed by atoms with Gasteiger partial charge in [0.1, 0.15) is 17.7 Å². The van der Waals surface area contributed by atoms with Gasteiger partial charge in [-0.1, -0.05) is 12.1 Å². The van der Waals surface area contributed by atoms with E-state index in [1.54, 1.807) is 13.3 Å². The average molecular weight is 353 g/mol. The molecule has 2 heterocycles. The molecule has 1 aliphatic heterocycles. The Morgan fingerprint density at radius 3 is 2.92 bits per heavy atom. The van der Waals surface area contributed by atoms with Gasteiger partial charge in [-0.05, 0) is 42.7 Å². The van der Waals surface area contributed by atoms with Crippen molar-refractivity contribution < 1.29 is 14.3 Å². The van der Waals surface area contributed by atoms with Gasteiger partial charge < -0.3 is 19.7 Å². The summed E-state index contributed by atoms with van der Waals surface area (Å²) >= 11 is 0. The van der Waals surface area contributed by atoms with Gasteiger partial charge in [0.15, 0.2) is 0 Å². The van der Waals surface area contributed by atoms with Crippen LogP contribution < -0.4 is 15.0 Å². The highest BCUT2D eigenvalue weighted by Gasteiger charge is 2.25. The van der Waals surface area contributed by atoms with Gasteiger partial charge in [-0.25, -0.2) is 4.98 Å². The number of pyridine rings is 1. The predicted molar refractivity (Wildman–Crippen MR) is 98.6 cm³/mol. The molecule has 0 bridgehead atoms. The van der Waals surface area contributed by atoms with E-state index in [9.17, 15) is 4.79 Å². The molecule has 136 valence electrons. The van der Waals surface area contributed by atoms with Gasteiger partial charge in [0.05, 0.1) is 19.3 Å². The van der Waals surface area contributed by atoms with Crippen molar-refractivity contribution >= 4 is 11.7 Å².